The van der Waals surface area contributed by atoms with Gasteiger partial charge in [0, 0.05) is 17.1 Å². The second kappa shape index (κ2) is 3.33. The molecule has 2 aromatic rings. The van der Waals surface area contributed by atoms with Gasteiger partial charge in [-0.25, -0.2) is 0 Å². The fourth-order valence-electron chi connectivity index (χ4n) is 2.62. The van der Waals surface area contributed by atoms with Crippen LogP contribution < -0.4 is 0 Å². The molecule has 1 N–H and O–H groups in total. The molecular formula is C16H12N2. The third-order valence-electron chi connectivity index (χ3n) is 3.56. The summed E-state index contributed by atoms with van der Waals surface area (Å²) in [6.07, 6.45) is 1.86. The zero-order valence-corrected chi connectivity index (χ0v) is 10.1. The fourth-order valence-corrected chi connectivity index (χ4v) is 2.62. The molecule has 1 aromatic carbocycles. The van der Waals surface area contributed by atoms with Crippen LogP contribution in [0.15, 0.2) is 48.7 Å². The summed E-state index contributed by atoms with van der Waals surface area (Å²) in [5, 5.41) is 2.55. The summed E-state index contributed by atoms with van der Waals surface area (Å²) in [4.78, 5) is 7.97. The van der Waals surface area contributed by atoms with Crippen LogP contribution in [-0.4, -0.2) is 9.97 Å². The molecule has 0 spiro atoms. The lowest BCUT2D eigenvalue weighted by Crippen LogP contribution is -1.89. The van der Waals surface area contributed by atoms with E-state index >= 15 is 0 Å². The van der Waals surface area contributed by atoms with E-state index in [1.54, 1.807) is 0 Å². The molecule has 2 heteroatoms. The van der Waals surface area contributed by atoms with Crippen molar-refractivity contribution < 1.29 is 0 Å². The van der Waals surface area contributed by atoms with Crippen molar-refractivity contribution in [3.05, 3.63) is 54.2 Å². The summed E-state index contributed by atoms with van der Waals surface area (Å²) in [7, 11) is 0. The molecule has 1 aromatic heterocycles. The maximum Gasteiger partial charge on any atom is 0.0873 e. The van der Waals surface area contributed by atoms with Crippen molar-refractivity contribution in [2.24, 2.45) is 0 Å². The molecule has 0 saturated carbocycles. The molecule has 0 radical (unpaired) electrons. The molecule has 2 aliphatic rings. The summed E-state index contributed by atoms with van der Waals surface area (Å²) in [5.74, 6) is 0. The number of H-pyrrole nitrogens is 1. The number of nitrogens with zero attached hydrogens (tertiary/aromatic N) is 1. The highest BCUT2D eigenvalue weighted by molar-refractivity contribution is 6.03. The Labute approximate surface area is 105 Å². The van der Waals surface area contributed by atoms with E-state index in [9.17, 15) is 0 Å². The highest BCUT2D eigenvalue weighted by Gasteiger charge is 2.12. The Hall–Kier alpha value is -2.35. The van der Waals surface area contributed by atoms with E-state index in [1.165, 1.54) is 27.6 Å². The second-order valence-electron chi connectivity index (χ2n) is 4.72. The minimum atomic E-state index is 1.03. The van der Waals surface area contributed by atoms with Gasteiger partial charge in [0.05, 0.1) is 16.7 Å². The van der Waals surface area contributed by atoms with Gasteiger partial charge in [0.1, 0.15) is 0 Å². The zero-order chi connectivity index (χ0) is 12.1. The normalized spacial score (nSPS) is 11.6. The van der Waals surface area contributed by atoms with Crippen LogP contribution in [0.5, 0.6) is 0 Å². The van der Waals surface area contributed by atoms with Crippen molar-refractivity contribution in [3.63, 3.8) is 0 Å². The lowest BCUT2D eigenvalue weighted by molar-refractivity contribution is 1.31. The highest BCUT2D eigenvalue weighted by atomic mass is 14.8. The monoisotopic (exact) mass is 232 g/mol. The third-order valence-corrected chi connectivity index (χ3v) is 3.56. The largest absolute Gasteiger partial charge is 0.353 e. The Bertz CT molecular complexity index is 842. The molecule has 2 nitrogen and oxygen atoms in total. The number of hydrogen-bond donors (Lipinski definition) is 1. The summed E-state index contributed by atoms with van der Waals surface area (Å²) >= 11 is 0. The van der Waals surface area contributed by atoms with E-state index in [0.717, 1.165) is 11.0 Å². The fraction of sp³-hybridized carbons (Fsp3) is 0.0625. The molecule has 86 valence electrons. The van der Waals surface area contributed by atoms with Crippen LogP contribution in [0.1, 0.15) is 5.56 Å². The first-order valence-electron chi connectivity index (χ1n) is 6.09. The summed E-state index contributed by atoms with van der Waals surface area (Å²) in [6.45, 7) is 2.11. The summed E-state index contributed by atoms with van der Waals surface area (Å²) < 4.78 is 0. The van der Waals surface area contributed by atoms with Gasteiger partial charge in [0.25, 0.3) is 0 Å². The standard InChI is InChI=1S/C16H12N2/c1-10-6-7-17-14-9-12-8-11-4-2-3-5-13(11)16(12)18-15(10)14/h2-9,18H,1H3. The van der Waals surface area contributed by atoms with Crippen LogP contribution >= 0.6 is 0 Å². The SMILES string of the molecule is Cc1ccnc2cc3cc4ccccc4c-3[nH]c12. The first-order valence-corrected chi connectivity index (χ1v) is 6.09. The third kappa shape index (κ3) is 1.20. The molecule has 0 atom stereocenters. The summed E-state index contributed by atoms with van der Waals surface area (Å²) in [6, 6.07) is 14.9. The molecular weight excluding hydrogens is 220 g/mol. The van der Waals surface area contributed by atoms with Crippen LogP contribution in [-0.2, 0) is 0 Å². The molecule has 1 aliphatic carbocycles. The molecule has 1 aliphatic heterocycles. The van der Waals surface area contributed by atoms with E-state index in [-0.39, 0.29) is 0 Å². The lowest BCUT2D eigenvalue weighted by atomic mass is 10.1. The van der Waals surface area contributed by atoms with E-state index in [2.05, 4.69) is 53.3 Å². The second-order valence-corrected chi connectivity index (χ2v) is 4.72. The number of fused-ring (bicyclic) bond motifs is 4. The van der Waals surface area contributed by atoms with Crippen LogP contribution in [0.25, 0.3) is 33.1 Å². The van der Waals surface area contributed by atoms with E-state index in [4.69, 9.17) is 0 Å². The van der Waals surface area contributed by atoms with Gasteiger partial charge in [0.15, 0.2) is 0 Å². The van der Waals surface area contributed by atoms with Crippen LogP contribution in [0, 0.1) is 6.92 Å². The van der Waals surface area contributed by atoms with Gasteiger partial charge in [-0.1, -0.05) is 24.3 Å². The number of aryl methyl sites for hydroxylation is 1. The number of hydrogen-bond acceptors (Lipinski definition) is 1. The smallest absolute Gasteiger partial charge is 0.0873 e. The van der Waals surface area contributed by atoms with Crippen molar-refractivity contribution in [2.75, 3.05) is 0 Å². The molecule has 0 unspecified atom stereocenters. The first kappa shape index (κ1) is 9.66. The summed E-state index contributed by atoms with van der Waals surface area (Å²) in [5.41, 5.74) is 5.81. The Morgan fingerprint density at radius 1 is 1.06 bits per heavy atom. The van der Waals surface area contributed by atoms with Crippen LogP contribution in [0.4, 0.5) is 0 Å². The molecule has 0 amide bonds. The van der Waals surface area contributed by atoms with Crippen LogP contribution in [0.3, 0.4) is 0 Å². The Kier molecular flexibility index (Phi) is 1.78. The highest BCUT2D eigenvalue weighted by Crippen LogP contribution is 2.34. The molecule has 4 rings (SSSR count). The van der Waals surface area contributed by atoms with Crippen molar-refractivity contribution >= 4 is 21.8 Å². The van der Waals surface area contributed by atoms with Gasteiger partial charge in [-0.15, -0.1) is 0 Å². The average Bonchev–Trinajstić information content (AvgIpc) is 2.75. The zero-order valence-electron chi connectivity index (χ0n) is 10.1. The van der Waals surface area contributed by atoms with Gasteiger partial charge in [-0.2, -0.15) is 0 Å². The topological polar surface area (TPSA) is 28.7 Å². The van der Waals surface area contributed by atoms with Gasteiger partial charge >= 0.3 is 0 Å². The Morgan fingerprint density at radius 3 is 2.89 bits per heavy atom. The Morgan fingerprint density at radius 2 is 1.94 bits per heavy atom. The molecule has 0 saturated heterocycles. The van der Waals surface area contributed by atoms with E-state index in [0.29, 0.717) is 0 Å². The van der Waals surface area contributed by atoms with Gasteiger partial charge in [-0.05, 0) is 36.1 Å². The van der Waals surface area contributed by atoms with Crippen molar-refractivity contribution in [2.45, 2.75) is 6.92 Å². The number of benzene rings is 1. The molecule has 0 fully saturated rings. The number of rotatable bonds is 0. The molecule has 18 heavy (non-hydrogen) atoms. The minimum Gasteiger partial charge on any atom is -0.353 e. The molecule has 2 heterocycles. The predicted octanol–water partition coefficient (Wildman–Crippen LogP) is 4.13. The predicted molar refractivity (Wildman–Crippen MR) is 75.0 cm³/mol. The lowest BCUT2D eigenvalue weighted by Gasteiger charge is -2.06. The Balaban J connectivity index is 2.25. The molecule has 0 bridgehead atoms. The van der Waals surface area contributed by atoms with Crippen molar-refractivity contribution in [1.82, 2.24) is 9.97 Å². The van der Waals surface area contributed by atoms with Crippen LogP contribution in [0.2, 0.25) is 0 Å². The van der Waals surface area contributed by atoms with Gasteiger partial charge in [0.2, 0.25) is 0 Å². The van der Waals surface area contributed by atoms with E-state index in [1.807, 2.05) is 12.3 Å². The number of aromatic nitrogens is 2. The van der Waals surface area contributed by atoms with Gasteiger partial charge in [-0.3, -0.25) is 4.98 Å². The van der Waals surface area contributed by atoms with E-state index < -0.39 is 0 Å². The average molecular weight is 232 g/mol. The number of aromatic amines is 1. The maximum atomic E-state index is 4.43. The van der Waals surface area contributed by atoms with Crippen molar-refractivity contribution in [1.29, 1.82) is 0 Å². The maximum absolute atomic E-state index is 4.43. The first-order chi connectivity index (χ1) is 8.83. The van der Waals surface area contributed by atoms with Crippen molar-refractivity contribution in [3.8, 4) is 11.3 Å². The van der Waals surface area contributed by atoms with Gasteiger partial charge < -0.3 is 4.98 Å². The quantitative estimate of drug-likeness (QED) is 0.485. The minimum absolute atomic E-state index is 1.03. The number of pyridine rings is 2. The number of nitrogens with one attached hydrogen (secondary N) is 1.